The predicted octanol–water partition coefficient (Wildman–Crippen LogP) is 1.09. The van der Waals surface area contributed by atoms with Gasteiger partial charge in [0.2, 0.25) is 0 Å². The van der Waals surface area contributed by atoms with Crippen molar-refractivity contribution in [3.05, 3.63) is 0 Å². The highest BCUT2D eigenvalue weighted by Crippen LogP contribution is 2.22. The Kier molecular flexibility index (Phi) is 12.2. The van der Waals surface area contributed by atoms with E-state index >= 15 is 0 Å². The summed E-state index contributed by atoms with van der Waals surface area (Å²) in [6, 6.07) is 0. The smallest absolute Gasteiger partial charge is 0.158 e. The Labute approximate surface area is 129 Å². The Balaban J connectivity index is 4.73. The van der Waals surface area contributed by atoms with Gasteiger partial charge in [0.25, 0.3) is 0 Å². The molecule has 0 fully saturated rings. The fourth-order valence-corrected chi connectivity index (χ4v) is 2.25. The van der Waals surface area contributed by atoms with E-state index in [1.165, 1.54) is 0 Å². The van der Waals surface area contributed by atoms with E-state index in [1.54, 1.807) is 14.2 Å². The SMILES string of the molecule is CCOCCN(CCOCC)C(C)(CN)CC(OC)OC. The lowest BCUT2D eigenvalue weighted by Gasteiger charge is -2.42. The second kappa shape index (κ2) is 12.3. The molecule has 6 nitrogen and oxygen atoms in total. The van der Waals surface area contributed by atoms with E-state index in [0.717, 1.165) is 26.3 Å². The van der Waals surface area contributed by atoms with Crippen LogP contribution in [0.25, 0.3) is 0 Å². The summed E-state index contributed by atoms with van der Waals surface area (Å²) in [5, 5.41) is 0. The summed E-state index contributed by atoms with van der Waals surface area (Å²) in [6.07, 6.45) is 0.439. The van der Waals surface area contributed by atoms with Crippen molar-refractivity contribution >= 4 is 0 Å². The van der Waals surface area contributed by atoms with Crippen LogP contribution in [0.3, 0.4) is 0 Å². The minimum Gasteiger partial charge on any atom is -0.380 e. The molecule has 0 aromatic rings. The Bertz CT molecular complexity index is 230. The molecule has 0 aliphatic rings. The standard InChI is InChI=1S/C15H34N2O4/c1-6-20-10-8-17(9-11-21-7-2)15(3,13-16)12-14(18-4)19-5/h14H,6-13,16H2,1-5H3. The maximum atomic E-state index is 6.04. The van der Waals surface area contributed by atoms with Crippen LogP contribution in [0.4, 0.5) is 0 Å². The average molecular weight is 306 g/mol. The van der Waals surface area contributed by atoms with Crippen molar-refractivity contribution in [2.24, 2.45) is 5.73 Å². The van der Waals surface area contributed by atoms with Gasteiger partial charge in [0.05, 0.1) is 13.2 Å². The highest BCUT2D eigenvalue weighted by molar-refractivity contribution is 4.88. The normalized spacial score (nSPS) is 14.9. The third-order valence-electron chi connectivity index (χ3n) is 3.75. The topological polar surface area (TPSA) is 66.2 Å². The van der Waals surface area contributed by atoms with Gasteiger partial charge in [0.1, 0.15) is 0 Å². The molecule has 0 aliphatic carbocycles. The molecule has 0 aromatic carbocycles. The quantitative estimate of drug-likeness (QED) is 0.383. The zero-order chi connectivity index (χ0) is 16.1. The minimum absolute atomic E-state index is 0.217. The Hall–Kier alpha value is -0.240. The van der Waals surface area contributed by atoms with E-state index in [9.17, 15) is 0 Å². The van der Waals surface area contributed by atoms with E-state index in [-0.39, 0.29) is 11.8 Å². The maximum Gasteiger partial charge on any atom is 0.158 e. The molecule has 21 heavy (non-hydrogen) atoms. The van der Waals surface area contributed by atoms with Crippen molar-refractivity contribution in [3.63, 3.8) is 0 Å². The first-order valence-electron chi connectivity index (χ1n) is 7.74. The molecule has 0 aliphatic heterocycles. The van der Waals surface area contributed by atoms with Gasteiger partial charge in [0, 0.05) is 59.0 Å². The van der Waals surface area contributed by atoms with Crippen molar-refractivity contribution in [2.75, 3.05) is 60.3 Å². The molecule has 1 unspecified atom stereocenters. The molecule has 2 N–H and O–H groups in total. The van der Waals surface area contributed by atoms with Crippen LogP contribution in [0, 0.1) is 0 Å². The summed E-state index contributed by atoms with van der Waals surface area (Å²) in [4.78, 5) is 2.31. The van der Waals surface area contributed by atoms with Gasteiger partial charge in [-0.05, 0) is 20.8 Å². The van der Waals surface area contributed by atoms with Gasteiger partial charge in [-0.15, -0.1) is 0 Å². The number of nitrogens with zero attached hydrogens (tertiary/aromatic N) is 1. The number of hydrogen-bond acceptors (Lipinski definition) is 6. The molecular formula is C15H34N2O4. The van der Waals surface area contributed by atoms with Gasteiger partial charge in [0.15, 0.2) is 6.29 Å². The fourth-order valence-electron chi connectivity index (χ4n) is 2.25. The van der Waals surface area contributed by atoms with Gasteiger partial charge >= 0.3 is 0 Å². The highest BCUT2D eigenvalue weighted by Gasteiger charge is 2.33. The zero-order valence-electron chi connectivity index (χ0n) is 14.4. The number of ether oxygens (including phenoxy) is 4. The average Bonchev–Trinajstić information content (AvgIpc) is 2.51. The second-order valence-electron chi connectivity index (χ2n) is 5.19. The van der Waals surface area contributed by atoms with E-state index < -0.39 is 0 Å². The van der Waals surface area contributed by atoms with Gasteiger partial charge in [-0.2, -0.15) is 0 Å². The molecule has 0 saturated carbocycles. The van der Waals surface area contributed by atoms with Crippen LogP contribution in [-0.2, 0) is 18.9 Å². The molecule has 0 amide bonds. The largest absolute Gasteiger partial charge is 0.380 e. The van der Waals surface area contributed by atoms with E-state index in [4.69, 9.17) is 24.7 Å². The second-order valence-corrected chi connectivity index (χ2v) is 5.19. The first-order chi connectivity index (χ1) is 10.1. The fraction of sp³-hybridized carbons (Fsp3) is 1.00. The van der Waals surface area contributed by atoms with Crippen molar-refractivity contribution in [2.45, 2.75) is 39.0 Å². The van der Waals surface area contributed by atoms with Crippen LogP contribution < -0.4 is 5.73 Å². The molecule has 0 radical (unpaired) electrons. The van der Waals surface area contributed by atoms with E-state index in [1.807, 2.05) is 13.8 Å². The Morgan fingerprint density at radius 2 is 1.48 bits per heavy atom. The first-order valence-corrected chi connectivity index (χ1v) is 7.74. The predicted molar refractivity (Wildman–Crippen MR) is 84.4 cm³/mol. The molecule has 128 valence electrons. The summed E-state index contributed by atoms with van der Waals surface area (Å²) in [7, 11) is 3.30. The third kappa shape index (κ3) is 8.09. The number of nitrogens with two attached hydrogens (primary N) is 1. The molecular weight excluding hydrogens is 272 g/mol. The zero-order valence-corrected chi connectivity index (χ0v) is 14.4. The number of rotatable bonds is 14. The Morgan fingerprint density at radius 1 is 1.00 bits per heavy atom. The molecule has 6 heteroatoms. The third-order valence-corrected chi connectivity index (χ3v) is 3.75. The monoisotopic (exact) mass is 306 g/mol. The van der Waals surface area contributed by atoms with Gasteiger partial charge in [-0.3, -0.25) is 4.90 Å². The molecule has 0 saturated heterocycles. The van der Waals surface area contributed by atoms with Crippen LogP contribution >= 0.6 is 0 Å². The Morgan fingerprint density at radius 3 is 1.81 bits per heavy atom. The summed E-state index contributed by atoms with van der Waals surface area (Å²) < 4.78 is 21.6. The van der Waals surface area contributed by atoms with Crippen molar-refractivity contribution < 1.29 is 18.9 Å². The highest BCUT2D eigenvalue weighted by atomic mass is 16.7. The molecule has 1 atom stereocenters. The van der Waals surface area contributed by atoms with Crippen LogP contribution in [0.5, 0.6) is 0 Å². The van der Waals surface area contributed by atoms with Gasteiger partial charge < -0.3 is 24.7 Å². The van der Waals surface area contributed by atoms with Crippen LogP contribution in [0.2, 0.25) is 0 Å². The summed E-state index contributed by atoms with van der Waals surface area (Å²) in [5.74, 6) is 0. The van der Waals surface area contributed by atoms with Crippen molar-refractivity contribution in [1.82, 2.24) is 4.90 Å². The number of methoxy groups -OCH3 is 2. The molecule has 0 bridgehead atoms. The summed E-state index contributed by atoms with van der Waals surface area (Å²) >= 11 is 0. The lowest BCUT2D eigenvalue weighted by atomic mass is 9.94. The van der Waals surface area contributed by atoms with Gasteiger partial charge in [-0.25, -0.2) is 0 Å². The van der Waals surface area contributed by atoms with Gasteiger partial charge in [-0.1, -0.05) is 0 Å². The summed E-state index contributed by atoms with van der Waals surface area (Å²) in [6.45, 7) is 11.1. The maximum absolute atomic E-state index is 6.04. The number of hydrogen-bond donors (Lipinski definition) is 1. The van der Waals surface area contributed by atoms with Crippen molar-refractivity contribution in [3.8, 4) is 0 Å². The lowest BCUT2D eigenvalue weighted by Crippen LogP contribution is -2.55. The van der Waals surface area contributed by atoms with Crippen LogP contribution in [0.15, 0.2) is 0 Å². The minimum atomic E-state index is -0.264. The van der Waals surface area contributed by atoms with Crippen LogP contribution in [-0.4, -0.2) is 77.0 Å². The van der Waals surface area contributed by atoms with E-state index in [2.05, 4.69) is 11.8 Å². The van der Waals surface area contributed by atoms with E-state index in [0.29, 0.717) is 26.2 Å². The molecule has 0 spiro atoms. The first kappa shape index (κ1) is 20.8. The van der Waals surface area contributed by atoms with Crippen molar-refractivity contribution in [1.29, 1.82) is 0 Å². The summed E-state index contributed by atoms with van der Waals surface area (Å²) in [5.41, 5.74) is 5.82. The lowest BCUT2D eigenvalue weighted by molar-refractivity contribution is -0.130. The molecule has 0 aromatic heterocycles. The van der Waals surface area contributed by atoms with Crippen LogP contribution in [0.1, 0.15) is 27.2 Å². The molecule has 0 heterocycles. The molecule has 0 rings (SSSR count).